The van der Waals surface area contributed by atoms with Crippen molar-refractivity contribution in [3.05, 3.63) is 0 Å². The lowest BCUT2D eigenvalue weighted by molar-refractivity contribution is -0.420. The molecule has 0 heterocycles. The van der Waals surface area contributed by atoms with Crippen molar-refractivity contribution in [1.82, 2.24) is 0 Å². The molecule has 10 heavy (non-hydrogen) atoms. The molecule has 0 aromatic heterocycles. The van der Waals surface area contributed by atoms with Crippen LogP contribution in [0.3, 0.4) is 0 Å². The van der Waals surface area contributed by atoms with Crippen LogP contribution in [0, 0.1) is 0 Å². The van der Waals surface area contributed by atoms with Crippen LogP contribution < -0.4 is 0 Å². The average molecular weight is 162 g/mol. The topological polar surface area (TPSA) is 20.2 Å². The van der Waals surface area contributed by atoms with Gasteiger partial charge in [0.15, 0.2) is 0 Å². The van der Waals surface area contributed by atoms with Gasteiger partial charge < -0.3 is 5.11 Å². The molecule has 1 saturated carbocycles. The van der Waals surface area contributed by atoms with Crippen LogP contribution in [-0.4, -0.2) is 22.8 Å². The summed E-state index contributed by atoms with van der Waals surface area (Å²) in [4.78, 5) is 0. The predicted octanol–water partition coefficient (Wildman–Crippen LogP) is 1.32. The Morgan fingerprint density at radius 2 is 1.40 bits per heavy atom. The standard InChI is InChI=1S/C4H3F5O/c5-2(6)1-3(7,10)4(2,8)9/h10H,1H2. The van der Waals surface area contributed by atoms with Gasteiger partial charge >= 0.3 is 11.8 Å². The summed E-state index contributed by atoms with van der Waals surface area (Å²) in [7, 11) is 0. The number of rotatable bonds is 0. The van der Waals surface area contributed by atoms with E-state index in [1.165, 1.54) is 0 Å². The summed E-state index contributed by atoms with van der Waals surface area (Å²) in [5.41, 5.74) is 0. The van der Waals surface area contributed by atoms with E-state index in [2.05, 4.69) is 0 Å². The quantitative estimate of drug-likeness (QED) is 0.532. The second-order valence-electron chi connectivity index (χ2n) is 2.21. The highest BCUT2D eigenvalue weighted by Gasteiger charge is 2.82. The Kier molecular flexibility index (Phi) is 1.11. The molecule has 0 saturated heterocycles. The molecule has 1 N–H and O–H groups in total. The van der Waals surface area contributed by atoms with E-state index in [1.807, 2.05) is 0 Å². The number of halogens is 5. The van der Waals surface area contributed by atoms with Gasteiger partial charge in [-0.3, -0.25) is 0 Å². The lowest BCUT2D eigenvalue weighted by Crippen LogP contribution is -2.69. The lowest BCUT2D eigenvalue weighted by Gasteiger charge is -2.44. The maximum Gasteiger partial charge on any atom is 0.367 e. The molecule has 0 spiro atoms. The summed E-state index contributed by atoms with van der Waals surface area (Å²) in [5.74, 6) is -13.4. The largest absolute Gasteiger partial charge is 0.367 e. The average Bonchev–Trinajstić information content (AvgIpc) is 1.61. The minimum Gasteiger partial charge on any atom is -0.357 e. The Morgan fingerprint density at radius 1 is 1.00 bits per heavy atom. The minimum absolute atomic E-state index is 1.83. The molecule has 1 aliphatic rings. The number of hydrogen-bond donors (Lipinski definition) is 1. The molecule has 0 radical (unpaired) electrons. The minimum atomic E-state index is -4.93. The van der Waals surface area contributed by atoms with Crippen LogP contribution in [0.15, 0.2) is 0 Å². The van der Waals surface area contributed by atoms with Crippen molar-refractivity contribution in [1.29, 1.82) is 0 Å². The second-order valence-corrected chi connectivity index (χ2v) is 2.21. The van der Waals surface area contributed by atoms with E-state index in [-0.39, 0.29) is 0 Å². The van der Waals surface area contributed by atoms with Crippen LogP contribution in [0.25, 0.3) is 0 Å². The zero-order valence-electron chi connectivity index (χ0n) is 4.54. The maximum atomic E-state index is 11.8. The molecule has 1 aliphatic carbocycles. The molecule has 1 nitrogen and oxygen atoms in total. The Hall–Kier alpha value is -0.390. The van der Waals surface area contributed by atoms with Crippen molar-refractivity contribution in [2.45, 2.75) is 24.1 Å². The van der Waals surface area contributed by atoms with Crippen molar-refractivity contribution < 1.29 is 27.1 Å². The highest BCUT2D eigenvalue weighted by Crippen LogP contribution is 2.58. The molecule has 1 atom stereocenters. The molecule has 0 amide bonds. The first-order valence-electron chi connectivity index (χ1n) is 2.38. The summed E-state index contributed by atoms with van der Waals surface area (Å²) in [6.07, 6.45) is -1.83. The van der Waals surface area contributed by atoms with Gasteiger partial charge in [0, 0.05) is 0 Å². The van der Waals surface area contributed by atoms with Crippen LogP contribution in [0.5, 0.6) is 0 Å². The van der Waals surface area contributed by atoms with Gasteiger partial charge in [-0.15, -0.1) is 0 Å². The first kappa shape index (κ1) is 7.71. The SMILES string of the molecule is OC1(F)CC(F)(F)C1(F)F. The van der Waals surface area contributed by atoms with Crippen LogP contribution in [0.2, 0.25) is 0 Å². The lowest BCUT2D eigenvalue weighted by atomic mass is 9.83. The molecule has 6 heteroatoms. The Balaban J connectivity index is 2.85. The van der Waals surface area contributed by atoms with Gasteiger partial charge in [0.1, 0.15) is 0 Å². The van der Waals surface area contributed by atoms with E-state index < -0.39 is 24.1 Å². The molecule has 0 aromatic rings. The predicted molar refractivity (Wildman–Crippen MR) is 20.6 cm³/mol. The summed E-state index contributed by atoms with van der Waals surface area (Å²) >= 11 is 0. The van der Waals surface area contributed by atoms with Crippen molar-refractivity contribution in [2.24, 2.45) is 0 Å². The third-order valence-corrected chi connectivity index (χ3v) is 1.40. The molecule has 0 bridgehead atoms. The molecular formula is C4H3F5O. The fourth-order valence-electron chi connectivity index (χ4n) is 0.690. The molecule has 1 fully saturated rings. The molecule has 1 rings (SSSR count). The van der Waals surface area contributed by atoms with Gasteiger partial charge in [0.2, 0.25) is 0 Å². The zero-order valence-corrected chi connectivity index (χ0v) is 4.54. The fraction of sp³-hybridized carbons (Fsp3) is 1.00. The maximum absolute atomic E-state index is 11.8. The Labute approximate surface area is 52.5 Å². The van der Waals surface area contributed by atoms with Gasteiger partial charge in [-0.05, 0) is 0 Å². The Morgan fingerprint density at radius 3 is 1.40 bits per heavy atom. The summed E-state index contributed by atoms with van der Waals surface area (Å²) < 4.78 is 58.6. The Bertz CT molecular complexity index is 147. The normalized spacial score (nSPS) is 42.6. The van der Waals surface area contributed by atoms with Gasteiger partial charge in [-0.2, -0.15) is 17.6 Å². The van der Waals surface area contributed by atoms with E-state index in [9.17, 15) is 22.0 Å². The van der Waals surface area contributed by atoms with E-state index in [1.54, 1.807) is 0 Å². The first-order valence-corrected chi connectivity index (χ1v) is 2.38. The monoisotopic (exact) mass is 162 g/mol. The third-order valence-electron chi connectivity index (χ3n) is 1.40. The molecule has 60 valence electrons. The van der Waals surface area contributed by atoms with Crippen LogP contribution >= 0.6 is 0 Å². The van der Waals surface area contributed by atoms with Crippen LogP contribution in [-0.2, 0) is 0 Å². The van der Waals surface area contributed by atoms with E-state index >= 15 is 0 Å². The summed E-state index contributed by atoms with van der Waals surface area (Å²) in [6.45, 7) is 0. The van der Waals surface area contributed by atoms with Gasteiger partial charge in [-0.1, -0.05) is 0 Å². The molecule has 1 unspecified atom stereocenters. The van der Waals surface area contributed by atoms with Crippen molar-refractivity contribution in [2.75, 3.05) is 0 Å². The number of hydrogen-bond acceptors (Lipinski definition) is 1. The molecular weight excluding hydrogens is 159 g/mol. The van der Waals surface area contributed by atoms with Gasteiger partial charge in [0.05, 0.1) is 6.42 Å². The molecule has 0 aliphatic heterocycles. The molecule has 0 aromatic carbocycles. The van der Waals surface area contributed by atoms with E-state index in [0.29, 0.717) is 0 Å². The third kappa shape index (κ3) is 0.596. The second kappa shape index (κ2) is 1.44. The summed E-state index contributed by atoms with van der Waals surface area (Å²) in [5, 5.41) is 7.88. The van der Waals surface area contributed by atoms with Gasteiger partial charge in [-0.25, -0.2) is 4.39 Å². The van der Waals surface area contributed by atoms with E-state index in [4.69, 9.17) is 5.11 Å². The highest BCUT2D eigenvalue weighted by molar-refractivity contribution is 5.09. The van der Waals surface area contributed by atoms with Crippen molar-refractivity contribution >= 4 is 0 Å². The summed E-state index contributed by atoms with van der Waals surface area (Å²) in [6, 6.07) is 0. The van der Waals surface area contributed by atoms with E-state index in [0.717, 1.165) is 0 Å². The zero-order chi connectivity index (χ0) is 8.21. The fourth-order valence-corrected chi connectivity index (χ4v) is 0.690. The van der Waals surface area contributed by atoms with Crippen LogP contribution in [0.4, 0.5) is 22.0 Å². The smallest absolute Gasteiger partial charge is 0.357 e. The van der Waals surface area contributed by atoms with Crippen molar-refractivity contribution in [3.63, 3.8) is 0 Å². The number of alkyl halides is 5. The number of aliphatic hydroxyl groups is 1. The highest BCUT2D eigenvalue weighted by atomic mass is 19.3. The van der Waals surface area contributed by atoms with Crippen molar-refractivity contribution in [3.8, 4) is 0 Å². The van der Waals surface area contributed by atoms with Crippen LogP contribution in [0.1, 0.15) is 6.42 Å². The van der Waals surface area contributed by atoms with Gasteiger partial charge in [0.25, 0.3) is 5.85 Å². The first-order chi connectivity index (χ1) is 4.21.